The van der Waals surface area contributed by atoms with E-state index < -0.39 is 6.10 Å². The zero-order chi connectivity index (χ0) is 16.8. The molecule has 0 bridgehead atoms. The van der Waals surface area contributed by atoms with Gasteiger partial charge in [-0.2, -0.15) is 0 Å². The van der Waals surface area contributed by atoms with Crippen molar-refractivity contribution in [3.05, 3.63) is 64.2 Å². The Hall–Kier alpha value is -2.00. The summed E-state index contributed by atoms with van der Waals surface area (Å²) in [5.41, 5.74) is 3.02. The summed E-state index contributed by atoms with van der Waals surface area (Å²) < 4.78 is 5.91. The highest BCUT2D eigenvalue weighted by Gasteiger charge is 2.19. The first kappa shape index (κ1) is 17.4. The number of hydrogen-bond donors (Lipinski definition) is 1. The van der Waals surface area contributed by atoms with Crippen molar-refractivity contribution in [2.75, 3.05) is 0 Å². The molecule has 0 aliphatic heterocycles. The minimum atomic E-state index is -0.516. The Morgan fingerprint density at radius 1 is 1.22 bits per heavy atom. The molecule has 1 atom stereocenters. The van der Waals surface area contributed by atoms with Gasteiger partial charge in [0.25, 0.3) is 5.91 Å². The van der Waals surface area contributed by atoms with Crippen molar-refractivity contribution >= 4 is 17.5 Å². The van der Waals surface area contributed by atoms with Crippen LogP contribution in [0.5, 0.6) is 5.75 Å². The lowest BCUT2D eigenvalue weighted by Crippen LogP contribution is -2.37. The van der Waals surface area contributed by atoms with E-state index >= 15 is 0 Å². The standard InChI is InChI=1S/C19H22ClNO2/c1-4-17(23-18-11-13(2)9-10-14(18)3)19(22)21-12-15-7-5-6-8-16(15)20/h5-11,17H,4,12H2,1-3H3,(H,21,22)/t17-/m1/s1. The predicted octanol–water partition coefficient (Wildman–Crippen LogP) is 4.43. The van der Waals surface area contributed by atoms with Gasteiger partial charge in [0, 0.05) is 11.6 Å². The third kappa shape index (κ3) is 4.73. The minimum Gasteiger partial charge on any atom is -0.480 e. The Bertz CT molecular complexity index is 685. The zero-order valence-corrected chi connectivity index (χ0v) is 14.5. The normalized spacial score (nSPS) is 11.8. The van der Waals surface area contributed by atoms with Gasteiger partial charge in [0.1, 0.15) is 5.75 Å². The third-order valence-corrected chi connectivity index (χ3v) is 4.06. The number of benzene rings is 2. The Morgan fingerprint density at radius 2 is 1.96 bits per heavy atom. The van der Waals surface area contributed by atoms with E-state index in [0.717, 1.165) is 22.4 Å². The lowest BCUT2D eigenvalue weighted by molar-refractivity contribution is -0.128. The molecule has 2 aromatic carbocycles. The Balaban J connectivity index is 2.01. The summed E-state index contributed by atoms with van der Waals surface area (Å²) in [5, 5.41) is 3.55. The van der Waals surface area contributed by atoms with Gasteiger partial charge in [-0.05, 0) is 49.1 Å². The summed E-state index contributed by atoms with van der Waals surface area (Å²) in [6.45, 7) is 6.31. The fourth-order valence-electron chi connectivity index (χ4n) is 2.25. The molecule has 2 aromatic rings. The lowest BCUT2D eigenvalue weighted by atomic mass is 10.1. The van der Waals surface area contributed by atoms with Gasteiger partial charge >= 0.3 is 0 Å². The average Bonchev–Trinajstić information content (AvgIpc) is 2.54. The van der Waals surface area contributed by atoms with E-state index in [1.165, 1.54) is 0 Å². The van der Waals surface area contributed by atoms with Gasteiger partial charge in [0.2, 0.25) is 0 Å². The number of rotatable bonds is 6. The summed E-state index contributed by atoms with van der Waals surface area (Å²) in [7, 11) is 0. The van der Waals surface area contributed by atoms with E-state index in [-0.39, 0.29) is 5.91 Å². The quantitative estimate of drug-likeness (QED) is 0.850. The molecule has 0 radical (unpaired) electrons. The molecule has 0 saturated carbocycles. The molecule has 1 N–H and O–H groups in total. The van der Waals surface area contributed by atoms with Crippen molar-refractivity contribution < 1.29 is 9.53 Å². The number of carbonyl (C=O) groups is 1. The van der Waals surface area contributed by atoms with Gasteiger partial charge in [0.15, 0.2) is 6.10 Å². The van der Waals surface area contributed by atoms with Gasteiger partial charge in [-0.15, -0.1) is 0 Å². The SMILES string of the molecule is CC[C@@H](Oc1cc(C)ccc1C)C(=O)NCc1ccccc1Cl. The molecule has 0 spiro atoms. The number of hydrogen-bond acceptors (Lipinski definition) is 2. The molecule has 0 heterocycles. The first-order valence-electron chi connectivity index (χ1n) is 7.76. The summed E-state index contributed by atoms with van der Waals surface area (Å²) in [4.78, 5) is 12.4. The van der Waals surface area contributed by atoms with Crippen molar-refractivity contribution in [2.45, 2.75) is 39.8 Å². The third-order valence-electron chi connectivity index (χ3n) is 3.69. The average molecular weight is 332 g/mol. The van der Waals surface area contributed by atoms with Gasteiger partial charge in [0.05, 0.1) is 0 Å². The maximum Gasteiger partial charge on any atom is 0.261 e. The van der Waals surface area contributed by atoms with Crippen LogP contribution in [0.3, 0.4) is 0 Å². The largest absolute Gasteiger partial charge is 0.480 e. The molecule has 0 fully saturated rings. The number of aryl methyl sites for hydroxylation is 2. The maximum atomic E-state index is 12.4. The van der Waals surface area contributed by atoms with Crippen LogP contribution in [0, 0.1) is 13.8 Å². The van der Waals surface area contributed by atoms with Crippen LogP contribution in [0.1, 0.15) is 30.0 Å². The highest BCUT2D eigenvalue weighted by Crippen LogP contribution is 2.21. The second-order valence-electron chi connectivity index (χ2n) is 5.59. The number of carbonyl (C=O) groups excluding carboxylic acids is 1. The molecule has 4 heteroatoms. The molecular formula is C19H22ClNO2. The second kappa shape index (κ2) is 8.02. The number of nitrogens with one attached hydrogen (secondary N) is 1. The van der Waals surface area contributed by atoms with Crippen LogP contribution in [0.4, 0.5) is 0 Å². The van der Waals surface area contributed by atoms with Crippen molar-refractivity contribution in [3.63, 3.8) is 0 Å². The Morgan fingerprint density at radius 3 is 2.65 bits per heavy atom. The summed E-state index contributed by atoms with van der Waals surface area (Å²) in [5.74, 6) is 0.623. The van der Waals surface area contributed by atoms with E-state index in [4.69, 9.17) is 16.3 Å². The van der Waals surface area contributed by atoms with Crippen LogP contribution in [0.15, 0.2) is 42.5 Å². The minimum absolute atomic E-state index is 0.131. The van der Waals surface area contributed by atoms with Crippen molar-refractivity contribution in [1.29, 1.82) is 0 Å². The summed E-state index contributed by atoms with van der Waals surface area (Å²) >= 11 is 6.11. The first-order valence-corrected chi connectivity index (χ1v) is 8.14. The number of halogens is 1. The monoisotopic (exact) mass is 331 g/mol. The number of amides is 1. The van der Waals surface area contributed by atoms with Gasteiger partial charge in [-0.25, -0.2) is 0 Å². The van der Waals surface area contributed by atoms with Crippen LogP contribution in [-0.4, -0.2) is 12.0 Å². The smallest absolute Gasteiger partial charge is 0.261 e. The highest BCUT2D eigenvalue weighted by molar-refractivity contribution is 6.31. The molecule has 0 aliphatic rings. The fourth-order valence-corrected chi connectivity index (χ4v) is 2.45. The predicted molar refractivity (Wildman–Crippen MR) is 93.9 cm³/mol. The highest BCUT2D eigenvalue weighted by atomic mass is 35.5. The van der Waals surface area contributed by atoms with Crippen molar-refractivity contribution in [3.8, 4) is 5.75 Å². The van der Waals surface area contributed by atoms with Crippen molar-refractivity contribution in [2.24, 2.45) is 0 Å². The molecule has 3 nitrogen and oxygen atoms in total. The summed E-state index contributed by atoms with van der Waals surface area (Å²) in [6.07, 6.45) is 0.0832. The van der Waals surface area contributed by atoms with E-state index in [0.29, 0.717) is 18.0 Å². The van der Waals surface area contributed by atoms with E-state index in [9.17, 15) is 4.79 Å². The Labute approximate surface area is 142 Å². The van der Waals surface area contributed by atoms with Crippen LogP contribution >= 0.6 is 11.6 Å². The lowest BCUT2D eigenvalue weighted by Gasteiger charge is -2.19. The van der Waals surface area contributed by atoms with Gasteiger partial charge < -0.3 is 10.1 Å². The first-order chi connectivity index (χ1) is 11.0. The molecule has 0 aromatic heterocycles. The molecule has 0 unspecified atom stereocenters. The molecule has 0 saturated heterocycles. The Kier molecular flexibility index (Phi) is 6.05. The van der Waals surface area contributed by atoms with E-state index in [1.807, 2.05) is 63.2 Å². The zero-order valence-electron chi connectivity index (χ0n) is 13.7. The number of ether oxygens (including phenoxy) is 1. The molecule has 122 valence electrons. The molecule has 2 rings (SSSR count). The van der Waals surface area contributed by atoms with Crippen LogP contribution in [0.25, 0.3) is 0 Å². The van der Waals surface area contributed by atoms with Gasteiger partial charge in [-0.1, -0.05) is 48.9 Å². The topological polar surface area (TPSA) is 38.3 Å². The molecule has 1 amide bonds. The molecular weight excluding hydrogens is 310 g/mol. The van der Waals surface area contributed by atoms with E-state index in [1.54, 1.807) is 0 Å². The van der Waals surface area contributed by atoms with E-state index in [2.05, 4.69) is 5.32 Å². The van der Waals surface area contributed by atoms with Gasteiger partial charge in [-0.3, -0.25) is 4.79 Å². The fraction of sp³-hybridized carbons (Fsp3) is 0.316. The summed E-state index contributed by atoms with van der Waals surface area (Å²) in [6, 6.07) is 13.5. The second-order valence-corrected chi connectivity index (χ2v) is 6.00. The van der Waals surface area contributed by atoms with Crippen molar-refractivity contribution in [1.82, 2.24) is 5.32 Å². The van der Waals surface area contributed by atoms with Crippen LogP contribution < -0.4 is 10.1 Å². The van der Waals surface area contributed by atoms with Crippen LogP contribution in [0.2, 0.25) is 5.02 Å². The maximum absolute atomic E-state index is 12.4. The molecule has 0 aliphatic carbocycles. The van der Waals surface area contributed by atoms with Crippen LogP contribution in [-0.2, 0) is 11.3 Å². The molecule has 23 heavy (non-hydrogen) atoms.